The number of methoxy groups -OCH3 is 1. The summed E-state index contributed by atoms with van der Waals surface area (Å²) < 4.78 is 31.9. The van der Waals surface area contributed by atoms with Gasteiger partial charge in [-0.05, 0) is 31.2 Å². The lowest BCUT2D eigenvalue weighted by Gasteiger charge is -2.15. The number of nitrogens with one attached hydrogen (secondary N) is 2. The second-order valence-corrected chi connectivity index (χ2v) is 5.37. The summed E-state index contributed by atoms with van der Waals surface area (Å²) in [6.45, 7) is 1.71. The fourth-order valence-corrected chi connectivity index (χ4v) is 2.10. The number of carbonyl (C=O) groups is 2. The maximum Gasteiger partial charge on any atom is 0.337 e. The van der Waals surface area contributed by atoms with Crippen LogP contribution in [-0.4, -0.2) is 25.0 Å². The molecular formula is C18H18F2N2O3. The van der Waals surface area contributed by atoms with Crippen molar-refractivity contribution >= 4 is 17.6 Å². The third-order valence-electron chi connectivity index (χ3n) is 3.60. The number of anilines is 1. The minimum absolute atomic E-state index is 0.117. The van der Waals surface area contributed by atoms with Crippen molar-refractivity contribution in [2.45, 2.75) is 19.5 Å². The van der Waals surface area contributed by atoms with E-state index in [1.54, 1.807) is 25.1 Å². The Labute approximate surface area is 144 Å². The summed E-state index contributed by atoms with van der Waals surface area (Å²) in [7, 11) is 1.21. The quantitative estimate of drug-likeness (QED) is 0.788. The lowest BCUT2D eigenvalue weighted by atomic mass is 10.1. The number of rotatable bonds is 6. The molecule has 2 N–H and O–H groups in total. The highest BCUT2D eigenvalue weighted by molar-refractivity contribution is 5.96. The van der Waals surface area contributed by atoms with E-state index in [0.717, 1.165) is 6.07 Å². The molecule has 2 rings (SSSR count). The minimum Gasteiger partial charge on any atom is -0.465 e. The molecule has 0 aliphatic rings. The van der Waals surface area contributed by atoms with Crippen LogP contribution in [0.15, 0.2) is 42.5 Å². The number of esters is 1. The molecule has 0 unspecified atom stereocenters. The van der Waals surface area contributed by atoms with Crippen molar-refractivity contribution in [3.63, 3.8) is 0 Å². The summed E-state index contributed by atoms with van der Waals surface area (Å²) in [4.78, 5) is 23.7. The van der Waals surface area contributed by atoms with Gasteiger partial charge in [-0.1, -0.05) is 18.2 Å². The first-order valence-corrected chi connectivity index (χ1v) is 7.58. The smallest absolute Gasteiger partial charge is 0.337 e. The highest BCUT2D eigenvalue weighted by Crippen LogP contribution is 2.17. The summed E-state index contributed by atoms with van der Waals surface area (Å²) in [6, 6.07) is 9.02. The van der Waals surface area contributed by atoms with Gasteiger partial charge in [-0.25, -0.2) is 13.6 Å². The van der Waals surface area contributed by atoms with Crippen LogP contribution >= 0.6 is 0 Å². The van der Waals surface area contributed by atoms with Gasteiger partial charge in [0.25, 0.3) is 0 Å². The van der Waals surface area contributed by atoms with Crippen LogP contribution in [-0.2, 0) is 16.1 Å². The molecule has 2 aromatic carbocycles. The van der Waals surface area contributed by atoms with Crippen LogP contribution in [0.1, 0.15) is 22.8 Å². The normalized spacial score (nSPS) is 11.7. The maximum absolute atomic E-state index is 13.8. The zero-order valence-corrected chi connectivity index (χ0v) is 13.8. The molecule has 0 aliphatic carbocycles. The molecule has 1 amide bonds. The number of benzene rings is 2. The number of amides is 1. The Morgan fingerprint density at radius 2 is 1.84 bits per heavy atom. The van der Waals surface area contributed by atoms with Crippen LogP contribution in [0.25, 0.3) is 0 Å². The molecule has 1 atom stereocenters. The molecule has 5 nitrogen and oxygen atoms in total. The van der Waals surface area contributed by atoms with Crippen LogP contribution in [0.3, 0.4) is 0 Å². The molecule has 0 spiro atoms. The second-order valence-electron chi connectivity index (χ2n) is 5.37. The van der Waals surface area contributed by atoms with E-state index >= 15 is 0 Å². The molecule has 0 heterocycles. The molecule has 132 valence electrons. The van der Waals surface area contributed by atoms with Crippen LogP contribution in [0, 0.1) is 11.6 Å². The zero-order valence-electron chi connectivity index (χ0n) is 13.8. The number of halogens is 2. The molecule has 0 fully saturated rings. The molecule has 0 aliphatic heterocycles. The van der Waals surface area contributed by atoms with Crippen LogP contribution in [0.5, 0.6) is 0 Å². The minimum atomic E-state index is -0.708. The topological polar surface area (TPSA) is 67.4 Å². The van der Waals surface area contributed by atoms with Crippen molar-refractivity contribution in [3.05, 3.63) is 65.2 Å². The first kappa shape index (κ1) is 18.5. The largest absolute Gasteiger partial charge is 0.465 e. The van der Waals surface area contributed by atoms with Crippen molar-refractivity contribution in [3.8, 4) is 0 Å². The lowest BCUT2D eigenvalue weighted by Crippen LogP contribution is -2.38. The molecule has 7 heteroatoms. The molecule has 0 bridgehead atoms. The van der Waals surface area contributed by atoms with Crippen LogP contribution in [0.4, 0.5) is 14.5 Å². The van der Waals surface area contributed by atoms with Gasteiger partial charge >= 0.3 is 5.97 Å². The fourth-order valence-electron chi connectivity index (χ4n) is 2.10. The molecule has 0 radical (unpaired) electrons. The van der Waals surface area contributed by atoms with Crippen molar-refractivity contribution < 1.29 is 23.1 Å². The Balaban J connectivity index is 2.01. The third-order valence-corrected chi connectivity index (χ3v) is 3.60. The van der Waals surface area contributed by atoms with E-state index < -0.39 is 23.7 Å². The van der Waals surface area contributed by atoms with Gasteiger partial charge in [0.2, 0.25) is 5.91 Å². The SMILES string of the molecule is COC(=O)c1ccc(F)c(NC(=O)[C@H](C)NCc2ccccc2F)c1. The van der Waals surface area contributed by atoms with E-state index in [1.807, 2.05) is 0 Å². The van der Waals surface area contributed by atoms with Gasteiger partial charge in [-0.2, -0.15) is 0 Å². The number of carbonyl (C=O) groups excluding carboxylic acids is 2. The van der Waals surface area contributed by atoms with Crippen LogP contribution in [0.2, 0.25) is 0 Å². The predicted molar refractivity (Wildman–Crippen MR) is 89.1 cm³/mol. The van der Waals surface area contributed by atoms with Gasteiger partial charge in [0.05, 0.1) is 24.4 Å². The van der Waals surface area contributed by atoms with Gasteiger partial charge in [0.1, 0.15) is 11.6 Å². The summed E-state index contributed by atoms with van der Waals surface area (Å²) in [5.41, 5.74) is 0.402. The third kappa shape index (κ3) is 4.84. The van der Waals surface area contributed by atoms with Crippen molar-refractivity contribution in [2.75, 3.05) is 12.4 Å². The Morgan fingerprint density at radius 1 is 1.12 bits per heavy atom. The predicted octanol–water partition coefficient (Wildman–Crippen LogP) is 2.87. The molecule has 2 aromatic rings. The first-order valence-electron chi connectivity index (χ1n) is 7.58. The van der Waals surface area contributed by atoms with Gasteiger partial charge in [-0.15, -0.1) is 0 Å². The average Bonchev–Trinajstić information content (AvgIpc) is 2.61. The summed E-state index contributed by atoms with van der Waals surface area (Å²) >= 11 is 0. The lowest BCUT2D eigenvalue weighted by molar-refractivity contribution is -0.117. The molecule has 0 aromatic heterocycles. The Kier molecular flexibility index (Phi) is 6.19. The van der Waals surface area contributed by atoms with Crippen molar-refractivity contribution in [1.82, 2.24) is 5.32 Å². The molecule has 25 heavy (non-hydrogen) atoms. The van der Waals surface area contributed by atoms with E-state index in [1.165, 1.54) is 25.3 Å². The van der Waals surface area contributed by atoms with Gasteiger partial charge < -0.3 is 15.4 Å². The monoisotopic (exact) mass is 348 g/mol. The highest BCUT2D eigenvalue weighted by atomic mass is 19.1. The summed E-state index contributed by atoms with van der Waals surface area (Å²) in [5.74, 6) is -2.21. The standard InChI is InChI=1S/C18H18F2N2O3/c1-11(21-10-13-5-3-4-6-14(13)19)17(23)22-16-9-12(18(24)25-2)7-8-15(16)20/h3-9,11,21H,10H2,1-2H3,(H,22,23)/t11-/m0/s1. The first-order chi connectivity index (χ1) is 11.9. The van der Waals surface area contributed by atoms with E-state index in [2.05, 4.69) is 15.4 Å². The molecular weight excluding hydrogens is 330 g/mol. The maximum atomic E-state index is 13.8. The summed E-state index contributed by atoms with van der Waals surface area (Å²) in [5, 5.41) is 5.26. The summed E-state index contributed by atoms with van der Waals surface area (Å²) in [6.07, 6.45) is 0. The van der Waals surface area contributed by atoms with Gasteiger partial charge in [0, 0.05) is 12.1 Å². The van der Waals surface area contributed by atoms with Gasteiger partial charge in [0.15, 0.2) is 0 Å². The number of hydrogen-bond donors (Lipinski definition) is 2. The van der Waals surface area contributed by atoms with E-state index in [-0.39, 0.29) is 23.6 Å². The molecule has 0 saturated heterocycles. The van der Waals surface area contributed by atoms with Gasteiger partial charge in [-0.3, -0.25) is 4.79 Å². The average molecular weight is 348 g/mol. The van der Waals surface area contributed by atoms with E-state index in [0.29, 0.717) is 5.56 Å². The zero-order chi connectivity index (χ0) is 18.4. The highest BCUT2D eigenvalue weighted by Gasteiger charge is 2.16. The Bertz CT molecular complexity index is 781. The number of hydrogen-bond acceptors (Lipinski definition) is 4. The van der Waals surface area contributed by atoms with Crippen LogP contribution < -0.4 is 10.6 Å². The van der Waals surface area contributed by atoms with Crippen molar-refractivity contribution in [1.29, 1.82) is 0 Å². The van der Waals surface area contributed by atoms with E-state index in [4.69, 9.17) is 0 Å². The Morgan fingerprint density at radius 3 is 2.52 bits per heavy atom. The Hall–Kier alpha value is -2.80. The van der Waals surface area contributed by atoms with Crippen molar-refractivity contribution in [2.24, 2.45) is 0 Å². The van der Waals surface area contributed by atoms with E-state index in [9.17, 15) is 18.4 Å². The number of ether oxygens (including phenoxy) is 1. The fraction of sp³-hybridized carbons (Fsp3) is 0.222. The second kappa shape index (κ2) is 8.34. The molecule has 0 saturated carbocycles.